The van der Waals surface area contributed by atoms with Crippen LogP contribution in [0.15, 0.2) is 46.9 Å². The molecular formula is C22H22BrNO8. The molecule has 170 valence electrons. The second kappa shape index (κ2) is 10.3. The fraction of sp³-hybridized carbons (Fsp3) is 0.273. The molecular weight excluding hydrogens is 486 g/mol. The number of halogens is 1. The molecule has 0 spiro atoms. The number of amides is 1. The summed E-state index contributed by atoms with van der Waals surface area (Å²) in [5.74, 6) is -3.68. The van der Waals surface area contributed by atoms with Crippen molar-refractivity contribution >= 4 is 39.9 Å². The molecule has 0 bridgehead atoms. The third-order valence-corrected chi connectivity index (χ3v) is 4.70. The number of carboxylic acid groups (broad SMARTS) is 1. The second-order valence-electron chi connectivity index (χ2n) is 7.74. The zero-order valence-corrected chi connectivity index (χ0v) is 19.1. The minimum atomic E-state index is -1.44. The minimum absolute atomic E-state index is 0.109. The van der Waals surface area contributed by atoms with E-state index in [0.717, 1.165) is 6.07 Å². The van der Waals surface area contributed by atoms with E-state index in [2.05, 4.69) is 21.2 Å². The summed E-state index contributed by atoms with van der Waals surface area (Å²) in [6.07, 6.45) is -1.28. The molecule has 0 saturated carbocycles. The highest BCUT2D eigenvalue weighted by Gasteiger charge is 2.27. The number of nitrogens with one attached hydrogen (secondary N) is 1. The summed E-state index contributed by atoms with van der Waals surface area (Å²) < 4.78 is 10.4. The Labute approximate surface area is 192 Å². The Morgan fingerprint density at radius 2 is 1.66 bits per heavy atom. The van der Waals surface area contributed by atoms with Gasteiger partial charge in [0.1, 0.15) is 17.4 Å². The number of hydrogen-bond donors (Lipinski definition) is 3. The summed E-state index contributed by atoms with van der Waals surface area (Å²) in [5, 5.41) is 21.5. The molecule has 9 nitrogen and oxygen atoms in total. The number of aromatic hydroxyl groups is 1. The van der Waals surface area contributed by atoms with Crippen LogP contribution in [0.1, 0.15) is 47.1 Å². The molecule has 0 heterocycles. The predicted octanol–water partition coefficient (Wildman–Crippen LogP) is 3.67. The Morgan fingerprint density at radius 1 is 1.03 bits per heavy atom. The van der Waals surface area contributed by atoms with Crippen molar-refractivity contribution in [2.75, 3.05) is 0 Å². The van der Waals surface area contributed by atoms with Gasteiger partial charge in [0.2, 0.25) is 0 Å². The van der Waals surface area contributed by atoms with E-state index >= 15 is 0 Å². The van der Waals surface area contributed by atoms with Crippen LogP contribution < -0.4 is 5.32 Å². The normalized spacial score (nSPS) is 11.9. The van der Waals surface area contributed by atoms with Gasteiger partial charge in [0.05, 0.1) is 11.1 Å². The van der Waals surface area contributed by atoms with Crippen molar-refractivity contribution in [3.63, 3.8) is 0 Å². The highest BCUT2D eigenvalue weighted by atomic mass is 79.9. The van der Waals surface area contributed by atoms with Crippen molar-refractivity contribution in [2.24, 2.45) is 0 Å². The van der Waals surface area contributed by atoms with Gasteiger partial charge in [0.25, 0.3) is 0 Å². The van der Waals surface area contributed by atoms with Gasteiger partial charge >= 0.3 is 24.0 Å². The van der Waals surface area contributed by atoms with E-state index in [9.17, 15) is 29.4 Å². The van der Waals surface area contributed by atoms with Crippen molar-refractivity contribution in [1.29, 1.82) is 0 Å². The number of ether oxygens (including phenoxy) is 2. The summed E-state index contributed by atoms with van der Waals surface area (Å²) in [4.78, 5) is 48.6. The maximum atomic E-state index is 12.6. The first-order valence-electron chi connectivity index (χ1n) is 9.42. The van der Waals surface area contributed by atoms with Gasteiger partial charge in [0.15, 0.2) is 0 Å². The zero-order valence-electron chi connectivity index (χ0n) is 17.5. The van der Waals surface area contributed by atoms with Crippen molar-refractivity contribution < 1.29 is 38.9 Å². The fourth-order valence-corrected chi connectivity index (χ4v) is 3.07. The highest BCUT2D eigenvalue weighted by molar-refractivity contribution is 9.10. The number of aliphatic carboxylic acids is 1. The number of phenolic OH excluding ortho intramolecular Hbond substituents is 1. The van der Waals surface area contributed by atoms with E-state index in [4.69, 9.17) is 9.47 Å². The van der Waals surface area contributed by atoms with Gasteiger partial charge in [-0.1, -0.05) is 18.2 Å². The number of hydrogen-bond acceptors (Lipinski definition) is 7. The van der Waals surface area contributed by atoms with Gasteiger partial charge in [-0.25, -0.2) is 19.2 Å². The van der Waals surface area contributed by atoms with Gasteiger partial charge in [-0.2, -0.15) is 0 Å². The molecule has 32 heavy (non-hydrogen) atoms. The van der Waals surface area contributed by atoms with Crippen LogP contribution in [-0.2, 0) is 20.7 Å². The number of phenols is 1. The number of carbonyl (C=O) groups excluding carboxylic acids is 3. The molecule has 0 aliphatic heterocycles. The SMILES string of the molecule is CC(C)(C)OC(=O)N[C@@H](Cc1ccc(O)cc1C(=O)OC(=O)c1ccccc1Br)C(=O)O. The largest absolute Gasteiger partial charge is 0.508 e. The quantitative estimate of drug-likeness (QED) is 0.397. The summed E-state index contributed by atoms with van der Waals surface area (Å²) in [5.41, 5.74) is -0.816. The fourth-order valence-electron chi connectivity index (χ4n) is 2.62. The monoisotopic (exact) mass is 507 g/mol. The predicted molar refractivity (Wildman–Crippen MR) is 116 cm³/mol. The van der Waals surface area contributed by atoms with E-state index < -0.39 is 35.6 Å². The van der Waals surface area contributed by atoms with E-state index in [1.807, 2.05) is 0 Å². The molecule has 2 aromatic carbocycles. The molecule has 0 aromatic heterocycles. The van der Waals surface area contributed by atoms with E-state index in [0.29, 0.717) is 4.47 Å². The lowest BCUT2D eigenvalue weighted by atomic mass is 9.99. The summed E-state index contributed by atoms with van der Waals surface area (Å²) in [6.45, 7) is 4.87. The third kappa shape index (κ3) is 7.09. The van der Waals surface area contributed by atoms with Gasteiger partial charge in [-0.15, -0.1) is 0 Å². The first-order valence-corrected chi connectivity index (χ1v) is 10.2. The maximum absolute atomic E-state index is 12.6. The van der Waals surface area contributed by atoms with Gasteiger partial charge in [-0.05, 0) is 66.5 Å². The van der Waals surface area contributed by atoms with Crippen LogP contribution >= 0.6 is 15.9 Å². The average Bonchev–Trinajstić information content (AvgIpc) is 2.67. The van der Waals surface area contributed by atoms with E-state index in [1.54, 1.807) is 39.0 Å². The first-order chi connectivity index (χ1) is 14.9. The zero-order chi connectivity index (χ0) is 24.1. The van der Waals surface area contributed by atoms with Crippen LogP contribution in [0.25, 0.3) is 0 Å². The minimum Gasteiger partial charge on any atom is -0.508 e. The molecule has 0 aliphatic rings. The summed E-state index contributed by atoms with van der Waals surface area (Å²) >= 11 is 3.19. The molecule has 0 unspecified atom stereocenters. The Balaban J connectivity index is 2.25. The molecule has 0 fully saturated rings. The molecule has 2 aromatic rings. The Kier molecular flexibility index (Phi) is 7.98. The van der Waals surface area contributed by atoms with Crippen LogP contribution in [0.3, 0.4) is 0 Å². The van der Waals surface area contributed by atoms with Crippen molar-refractivity contribution in [2.45, 2.75) is 38.8 Å². The number of rotatable bonds is 6. The second-order valence-corrected chi connectivity index (χ2v) is 8.59. The number of benzene rings is 2. The molecule has 0 saturated heterocycles. The van der Waals surface area contributed by atoms with Crippen LogP contribution in [0, 0.1) is 0 Å². The highest BCUT2D eigenvalue weighted by Crippen LogP contribution is 2.22. The summed E-state index contributed by atoms with van der Waals surface area (Å²) in [6, 6.07) is 8.48. The number of esters is 2. The van der Waals surface area contributed by atoms with Gasteiger partial charge < -0.3 is 25.0 Å². The Morgan fingerprint density at radius 3 is 2.25 bits per heavy atom. The molecule has 3 N–H and O–H groups in total. The smallest absolute Gasteiger partial charge is 0.408 e. The molecule has 0 radical (unpaired) electrons. The summed E-state index contributed by atoms with van der Waals surface area (Å²) in [7, 11) is 0. The van der Waals surface area contributed by atoms with Crippen LogP contribution in [-0.4, -0.2) is 45.9 Å². The molecule has 1 amide bonds. The Bertz CT molecular complexity index is 1040. The average molecular weight is 508 g/mol. The topological polar surface area (TPSA) is 139 Å². The lowest BCUT2D eigenvalue weighted by molar-refractivity contribution is -0.139. The lowest BCUT2D eigenvalue weighted by Crippen LogP contribution is -2.44. The molecule has 10 heteroatoms. The van der Waals surface area contributed by atoms with Crippen molar-refractivity contribution in [1.82, 2.24) is 5.32 Å². The standard InChI is InChI=1S/C22H22BrNO8/c1-22(2,3)32-21(30)24-17(18(26)27)10-12-8-9-13(25)11-15(12)20(29)31-19(28)14-6-4-5-7-16(14)23/h4-9,11,17,25H,10H2,1-3H3,(H,24,30)(H,26,27)/t17-/m0/s1. The Hall–Kier alpha value is -3.40. The third-order valence-electron chi connectivity index (χ3n) is 4.01. The number of carboxylic acids is 1. The van der Waals surface area contributed by atoms with Crippen molar-refractivity contribution in [3.8, 4) is 5.75 Å². The van der Waals surface area contributed by atoms with Gasteiger partial charge in [-0.3, -0.25) is 0 Å². The van der Waals surface area contributed by atoms with E-state index in [1.165, 1.54) is 18.2 Å². The van der Waals surface area contributed by atoms with E-state index in [-0.39, 0.29) is 28.9 Å². The van der Waals surface area contributed by atoms with Crippen LogP contribution in [0.5, 0.6) is 5.75 Å². The first kappa shape index (κ1) is 24.9. The van der Waals surface area contributed by atoms with Crippen LogP contribution in [0.4, 0.5) is 4.79 Å². The number of alkyl carbamates (subject to hydrolysis) is 1. The van der Waals surface area contributed by atoms with Gasteiger partial charge in [0, 0.05) is 10.9 Å². The van der Waals surface area contributed by atoms with Crippen LogP contribution in [0.2, 0.25) is 0 Å². The maximum Gasteiger partial charge on any atom is 0.408 e. The molecule has 2 rings (SSSR count). The van der Waals surface area contributed by atoms with Crippen molar-refractivity contribution in [3.05, 3.63) is 63.6 Å². The molecule has 0 aliphatic carbocycles. The lowest BCUT2D eigenvalue weighted by Gasteiger charge is -2.22. The number of carbonyl (C=O) groups is 4. The molecule has 1 atom stereocenters.